The van der Waals surface area contributed by atoms with E-state index in [1.165, 1.54) is 16.9 Å². The van der Waals surface area contributed by atoms with Crippen molar-refractivity contribution in [2.75, 3.05) is 6.54 Å². The zero-order chi connectivity index (χ0) is 14.7. The molecule has 0 radical (unpaired) electrons. The fraction of sp³-hybridized carbons (Fsp3) is 0.667. The van der Waals surface area contributed by atoms with Crippen LogP contribution in [-0.4, -0.2) is 44.1 Å². The van der Waals surface area contributed by atoms with Gasteiger partial charge in [-0.2, -0.15) is 4.68 Å². The van der Waals surface area contributed by atoms with Crippen LogP contribution < -0.4 is 5.73 Å². The number of amides is 1. The molecular weight excluding hydrogens is 298 g/mol. The maximum atomic E-state index is 12.3. The average molecular weight is 318 g/mol. The number of nitrogens with zero attached hydrogens (tertiary/aromatic N) is 4. The van der Waals surface area contributed by atoms with Crippen LogP contribution in [0.5, 0.6) is 0 Å². The number of likely N-dealkylation sites (tertiary alicyclic amines) is 1. The molecule has 0 aromatic carbocycles. The van der Waals surface area contributed by atoms with Gasteiger partial charge < -0.3 is 20.7 Å². The molecule has 9 heteroatoms. The monoisotopic (exact) mass is 317 g/mol. The molecule has 21 heavy (non-hydrogen) atoms. The SMILES string of the molecule is CC(N)C1CCCCN1C(=O)Cn1ccc([N+](=O)[O-])n1.Cl. The molecule has 0 saturated carbocycles. The topological polar surface area (TPSA) is 107 Å². The van der Waals surface area contributed by atoms with Crippen LogP contribution in [0.15, 0.2) is 12.3 Å². The fourth-order valence-electron chi connectivity index (χ4n) is 2.58. The van der Waals surface area contributed by atoms with Crippen molar-refractivity contribution >= 4 is 24.1 Å². The highest BCUT2D eigenvalue weighted by molar-refractivity contribution is 5.85. The van der Waals surface area contributed by atoms with Gasteiger partial charge in [-0.15, -0.1) is 12.4 Å². The van der Waals surface area contributed by atoms with Gasteiger partial charge in [0.25, 0.3) is 0 Å². The number of piperidine rings is 1. The third-order valence-corrected chi connectivity index (χ3v) is 3.59. The van der Waals surface area contributed by atoms with E-state index in [9.17, 15) is 14.9 Å². The molecule has 118 valence electrons. The minimum Gasteiger partial charge on any atom is -0.358 e. The first-order chi connectivity index (χ1) is 9.49. The van der Waals surface area contributed by atoms with Gasteiger partial charge in [0.1, 0.15) is 6.54 Å². The van der Waals surface area contributed by atoms with Gasteiger partial charge in [0.2, 0.25) is 5.91 Å². The number of nitrogens with two attached hydrogens (primary N) is 1. The van der Waals surface area contributed by atoms with Crippen LogP contribution in [-0.2, 0) is 11.3 Å². The van der Waals surface area contributed by atoms with Gasteiger partial charge in [-0.3, -0.25) is 4.79 Å². The third-order valence-electron chi connectivity index (χ3n) is 3.59. The van der Waals surface area contributed by atoms with Crippen molar-refractivity contribution in [3.63, 3.8) is 0 Å². The smallest absolute Gasteiger partial charge is 0.358 e. The number of aromatic nitrogens is 2. The molecule has 8 nitrogen and oxygen atoms in total. The summed E-state index contributed by atoms with van der Waals surface area (Å²) in [7, 11) is 0. The molecule has 0 bridgehead atoms. The van der Waals surface area contributed by atoms with Crippen molar-refractivity contribution in [1.29, 1.82) is 0 Å². The predicted molar refractivity (Wildman–Crippen MR) is 79.1 cm³/mol. The average Bonchev–Trinajstić information content (AvgIpc) is 2.87. The van der Waals surface area contributed by atoms with Crippen molar-refractivity contribution in [2.24, 2.45) is 5.73 Å². The molecule has 2 heterocycles. The summed E-state index contributed by atoms with van der Waals surface area (Å²) in [4.78, 5) is 24.1. The van der Waals surface area contributed by atoms with Crippen LogP contribution in [0.4, 0.5) is 5.82 Å². The summed E-state index contributed by atoms with van der Waals surface area (Å²) >= 11 is 0. The number of carbonyl (C=O) groups excluding carboxylic acids is 1. The molecule has 2 unspecified atom stereocenters. The maximum absolute atomic E-state index is 12.3. The second-order valence-electron chi connectivity index (χ2n) is 5.14. The molecule has 1 aliphatic heterocycles. The lowest BCUT2D eigenvalue weighted by Crippen LogP contribution is -2.52. The normalized spacial score (nSPS) is 19.7. The largest absolute Gasteiger partial charge is 0.389 e. The zero-order valence-electron chi connectivity index (χ0n) is 11.8. The van der Waals surface area contributed by atoms with E-state index in [4.69, 9.17) is 5.73 Å². The number of halogens is 1. The Balaban J connectivity index is 0.00000220. The molecule has 1 aliphatic rings. The second-order valence-corrected chi connectivity index (χ2v) is 5.14. The van der Waals surface area contributed by atoms with E-state index in [1.54, 1.807) is 4.90 Å². The molecule has 0 aliphatic carbocycles. The quantitative estimate of drug-likeness (QED) is 0.657. The van der Waals surface area contributed by atoms with Crippen LogP contribution in [0.2, 0.25) is 0 Å². The predicted octanol–water partition coefficient (Wildman–Crippen LogP) is 0.941. The highest BCUT2D eigenvalue weighted by atomic mass is 35.5. The summed E-state index contributed by atoms with van der Waals surface area (Å²) in [5.74, 6) is -0.342. The van der Waals surface area contributed by atoms with E-state index in [-0.39, 0.29) is 42.8 Å². The van der Waals surface area contributed by atoms with Crippen molar-refractivity contribution in [2.45, 2.75) is 44.8 Å². The zero-order valence-corrected chi connectivity index (χ0v) is 12.7. The molecule has 1 fully saturated rings. The molecule has 1 aromatic rings. The molecular formula is C12H20ClN5O3. The molecule has 2 N–H and O–H groups in total. The van der Waals surface area contributed by atoms with Gasteiger partial charge in [0.15, 0.2) is 0 Å². The second kappa shape index (κ2) is 7.37. The number of nitro groups is 1. The van der Waals surface area contributed by atoms with Crippen molar-refractivity contribution in [3.05, 3.63) is 22.4 Å². The van der Waals surface area contributed by atoms with Crippen LogP contribution in [0.25, 0.3) is 0 Å². The molecule has 0 spiro atoms. The van der Waals surface area contributed by atoms with Gasteiger partial charge in [0.05, 0.1) is 17.4 Å². The summed E-state index contributed by atoms with van der Waals surface area (Å²) in [6.07, 6.45) is 4.39. The van der Waals surface area contributed by atoms with E-state index >= 15 is 0 Å². The minimum absolute atomic E-state index is 0. The van der Waals surface area contributed by atoms with Crippen molar-refractivity contribution in [1.82, 2.24) is 14.7 Å². The third kappa shape index (κ3) is 4.15. The molecule has 1 aromatic heterocycles. The van der Waals surface area contributed by atoms with Crippen LogP contribution >= 0.6 is 12.4 Å². The fourth-order valence-corrected chi connectivity index (χ4v) is 2.58. The van der Waals surface area contributed by atoms with E-state index in [0.29, 0.717) is 6.54 Å². The lowest BCUT2D eigenvalue weighted by molar-refractivity contribution is -0.389. The highest BCUT2D eigenvalue weighted by Crippen LogP contribution is 2.19. The molecule has 2 atom stereocenters. The highest BCUT2D eigenvalue weighted by Gasteiger charge is 2.29. The number of hydrogen-bond acceptors (Lipinski definition) is 5. The Morgan fingerprint density at radius 3 is 2.90 bits per heavy atom. The summed E-state index contributed by atoms with van der Waals surface area (Å²) in [5.41, 5.74) is 5.93. The standard InChI is InChI=1S/C12H19N5O3.ClH/c1-9(13)10-4-2-3-6-16(10)12(18)8-15-7-5-11(14-15)17(19)20;/h5,7,9-10H,2-4,6,8,13H2,1H3;1H. The van der Waals surface area contributed by atoms with E-state index in [1.807, 2.05) is 6.92 Å². The van der Waals surface area contributed by atoms with Crippen LogP contribution in [0.3, 0.4) is 0 Å². The summed E-state index contributed by atoms with van der Waals surface area (Å²) in [6.45, 7) is 2.60. The molecule has 1 saturated heterocycles. The maximum Gasteiger partial charge on any atom is 0.389 e. The first kappa shape index (κ1) is 17.4. The Morgan fingerprint density at radius 1 is 1.62 bits per heavy atom. The summed E-state index contributed by atoms with van der Waals surface area (Å²) in [5, 5.41) is 14.3. The minimum atomic E-state index is -0.577. The Hall–Kier alpha value is -1.67. The Kier molecular flexibility index (Phi) is 6.10. The van der Waals surface area contributed by atoms with Gasteiger partial charge in [-0.1, -0.05) is 0 Å². The van der Waals surface area contributed by atoms with Gasteiger partial charge in [-0.05, 0) is 31.1 Å². The van der Waals surface area contributed by atoms with Crippen LogP contribution in [0, 0.1) is 10.1 Å². The Bertz CT molecular complexity index is 505. The van der Waals surface area contributed by atoms with Gasteiger partial charge in [0, 0.05) is 18.6 Å². The van der Waals surface area contributed by atoms with Crippen LogP contribution in [0.1, 0.15) is 26.2 Å². The number of rotatable bonds is 4. The number of hydrogen-bond donors (Lipinski definition) is 1. The molecule has 2 rings (SSSR count). The molecule has 1 amide bonds. The summed E-state index contributed by atoms with van der Waals surface area (Å²) < 4.78 is 1.30. The van der Waals surface area contributed by atoms with Gasteiger partial charge >= 0.3 is 5.82 Å². The Labute approximate surface area is 128 Å². The van der Waals surface area contributed by atoms with Gasteiger partial charge in [-0.25, -0.2) is 0 Å². The van der Waals surface area contributed by atoms with E-state index in [0.717, 1.165) is 19.3 Å². The van der Waals surface area contributed by atoms with E-state index in [2.05, 4.69) is 5.10 Å². The van der Waals surface area contributed by atoms with Crippen molar-refractivity contribution < 1.29 is 9.72 Å². The first-order valence-corrected chi connectivity index (χ1v) is 6.72. The number of carbonyl (C=O) groups is 1. The Morgan fingerprint density at radius 2 is 2.33 bits per heavy atom. The lowest BCUT2D eigenvalue weighted by atomic mass is 9.97. The first-order valence-electron chi connectivity index (χ1n) is 6.72. The van der Waals surface area contributed by atoms with E-state index < -0.39 is 4.92 Å². The van der Waals surface area contributed by atoms with Crippen molar-refractivity contribution in [3.8, 4) is 0 Å². The lowest BCUT2D eigenvalue weighted by Gasteiger charge is -2.37. The summed E-state index contributed by atoms with van der Waals surface area (Å²) in [6, 6.07) is 1.25.